The fraction of sp³-hybridized carbons (Fsp3) is 0.375. The van der Waals surface area contributed by atoms with Gasteiger partial charge in [-0.25, -0.2) is 0 Å². The highest BCUT2D eigenvalue weighted by molar-refractivity contribution is 5.61. The average molecular weight is 286 g/mol. The molecular weight excluding hydrogens is 264 g/mol. The van der Waals surface area contributed by atoms with Crippen molar-refractivity contribution in [2.45, 2.75) is 6.92 Å². The molecule has 0 unspecified atom stereocenters. The van der Waals surface area contributed by atoms with Gasteiger partial charge in [-0.2, -0.15) is 0 Å². The van der Waals surface area contributed by atoms with E-state index in [1.54, 1.807) is 0 Å². The highest BCUT2D eigenvalue weighted by Gasteiger charge is 2.09. The van der Waals surface area contributed by atoms with Crippen molar-refractivity contribution in [1.29, 1.82) is 0 Å². The van der Waals surface area contributed by atoms with Crippen molar-refractivity contribution in [2.24, 2.45) is 0 Å². The molecule has 1 heterocycles. The maximum atomic E-state index is 8.73. The van der Waals surface area contributed by atoms with Crippen molar-refractivity contribution >= 4 is 5.82 Å². The monoisotopic (exact) mass is 286 g/mol. The van der Waals surface area contributed by atoms with Crippen LogP contribution in [0.25, 0.3) is 11.3 Å². The van der Waals surface area contributed by atoms with Gasteiger partial charge in [-0.05, 0) is 18.6 Å². The molecule has 0 bridgehead atoms. The summed E-state index contributed by atoms with van der Waals surface area (Å²) in [5.74, 6) is 0.889. The molecule has 0 saturated carbocycles. The fourth-order valence-electron chi connectivity index (χ4n) is 2.16. The number of hydrogen-bond acceptors (Lipinski definition) is 5. The Morgan fingerprint density at radius 3 is 2.57 bits per heavy atom. The summed E-state index contributed by atoms with van der Waals surface area (Å²) < 4.78 is 0. The molecule has 1 aromatic heterocycles. The van der Waals surface area contributed by atoms with Gasteiger partial charge in [0.25, 0.3) is 0 Å². The maximum absolute atomic E-state index is 8.73. The van der Waals surface area contributed by atoms with Crippen molar-refractivity contribution in [2.75, 3.05) is 38.2 Å². The number of likely N-dealkylation sites (N-methyl/N-ethyl adjacent to an activating group) is 1. The van der Waals surface area contributed by atoms with E-state index in [2.05, 4.69) is 26.5 Å². The summed E-state index contributed by atoms with van der Waals surface area (Å²) in [6.45, 7) is 4.45. The fourth-order valence-corrected chi connectivity index (χ4v) is 2.16. The molecule has 2 rings (SSSR count). The number of nitrogens with one attached hydrogen (secondary N) is 1. The zero-order valence-corrected chi connectivity index (χ0v) is 12.6. The number of benzene rings is 1. The van der Waals surface area contributed by atoms with E-state index in [1.807, 2.05) is 44.3 Å². The van der Waals surface area contributed by atoms with Crippen LogP contribution in [0.15, 0.2) is 36.4 Å². The first kappa shape index (κ1) is 15.4. The molecule has 1 aromatic carbocycles. The zero-order chi connectivity index (χ0) is 15.1. The number of aryl methyl sites for hydroxylation is 1. The van der Waals surface area contributed by atoms with E-state index >= 15 is 0 Å². The molecular formula is C16H22N4O. The van der Waals surface area contributed by atoms with E-state index in [9.17, 15) is 0 Å². The third-order valence-corrected chi connectivity index (χ3v) is 3.30. The van der Waals surface area contributed by atoms with Crippen LogP contribution in [-0.2, 0) is 0 Å². The van der Waals surface area contributed by atoms with Crippen molar-refractivity contribution in [3.63, 3.8) is 0 Å². The molecule has 0 fully saturated rings. The van der Waals surface area contributed by atoms with Gasteiger partial charge in [-0.3, -0.25) is 0 Å². The van der Waals surface area contributed by atoms with Crippen molar-refractivity contribution in [1.82, 2.24) is 15.5 Å². The highest BCUT2D eigenvalue weighted by atomic mass is 16.3. The molecule has 0 spiro atoms. The van der Waals surface area contributed by atoms with Gasteiger partial charge in [0.15, 0.2) is 5.82 Å². The van der Waals surface area contributed by atoms with E-state index in [1.165, 1.54) is 0 Å². The summed E-state index contributed by atoms with van der Waals surface area (Å²) in [6, 6.07) is 12.1. The lowest BCUT2D eigenvalue weighted by Crippen LogP contribution is -2.31. The van der Waals surface area contributed by atoms with Crippen LogP contribution in [0.3, 0.4) is 0 Å². The van der Waals surface area contributed by atoms with Gasteiger partial charge < -0.3 is 15.3 Å². The third-order valence-electron chi connectivity index (χ3n) is 3.30. The van der Waals surface area contributed by atoms with E-state index in [4.69, 9.17) is 5.11 Å². The number of aliphatic hydroxyl groups is 1. The molecule has 0 aliphatic carbocycles. The Morgan fingerprint density at radius 2 is 1.90 bits per heavy atom. The minimum Gasteiger partial charge on any atom is -0.395 e. The quantitative estimate of drug-likeness (QED) is 0.755. The van der Waals surface area contributed by atoms with Crippen LogP contribution in [0.1, 0.15) is 5.56 Å². The Kier molecular flexibility index (Phi) is 5.66. The molecule has 21 heavy (non-hydrogen) atoms. The second kappa shape index (κ2) is 7.71. The second-order valence-corrected chi connectivity index (χ2v) is 5.00. The summed E-state index contributed by atoms with van der Waals surface area (Å²) in [5, 5.41) is 20.6. The van der Waals surface area contributed by atoms with Crippen LogP contribution in [0.4, 0.5) is 5.82 Å². The van der Waals surface area contributed by atoms with Crippen LogP contribution in [0.2, 0.25) is 0 Å². The first-order valence-electron chi connectivity index (χ1n) is 7.15. The minimum absolute atomic E-state index is 0.161. The first-order chi connectivity index (χ1) is 10.2. The lowest BCUT2D eigenvalue weighted by atomic mass is 10.1. The number of hydrogen-bond donors (Lipinski definition) is 2. The summed E-state index contributed by atoms with van der Waals surface area (Å²) in [7, 11) is 2.00. The molecule has 0 saturated heterocycles. The molecule has 0 atom stereocenters. The second-order valence-electron chi connectivity index (χ2n) is 5.00. The largest absolute Gasteiger partial charge is 0.395 e. The predicted molar refractivity (Wildman–Crippen MR) is 85.4 cm³/mol. The Morgan fingerprint density at radius 1 is 1.14 bits per heavy atom. The van der Waals surface area contributed by atoms with Gasteiger partial charge in [0.2, 0.25) is 0 Å². The standard InChI is InChI=1S/C16H22N4O/c1-13-12-15(14-6-4-3-5-7-14)18-19-16(13)20(2)10-8-17-9-11-21/h3-7,12,17,21H,8-11H2,1-2H3. The van der Waals surface area contributed by atoms with Gasteiger partial charge in [-0.1, -0.05) is 30.3 Å². The number of anilines is 1. The van der Waals surface area contributed by atoms with Crippen molar-refractivity contribution in [3.05, 3.63) is 42.0 Å². The van der Waals surface area contributed by atoms with Crippen LogP contribution in [0.5, 0.6) is 0 Å². The van der Waals surface area contributed by atoms with E-state index < -0.39 is 0 Å². The van der Waals surface area contributed by atoms with Gasteiger partial charge in [0, 0.05) is 32.2 Å². The van der Waals surface area contributed by atoms with Gasteiger partial charge in [0.1, 0.15) is 0 Å². The Labute approximate surface area is 125 Å². The molecule has 0 radical (unpaired) electrons. The summed E-state index contributed by atoms with van der Waals surface area (Å²) in [6.07, 6.45) is 0. The molecule has 0 amide bonds. The lowest BCUT2D eigenvalue weighted by molar-refractivity contribution is 0.293. The van der Waals surface area contributed by atoms with Crippen LogP contribution in [-0.4, -0.2) is 48.6 Å². The summed E-state index contributed by atoms with van der Waals surface area (Å²) in [4.78, 5) is 2.07. The Balaban J connectivity index is 2.05. The molecule has 112 valence electrons. The molecule has 0 aliphatic heterocycles. The van der Waals surface area contributed by atoms with Crippen LogP contribution >= 0.6 is 0 Å². The molecule has 2 N–H and O–H groups in total. The Bertz CT molecular complexity index is 559. The molecule has 0 aliphatic rings. The van der Waals surface area contributed by atoms with E-state index in [-0.39, 0.29) is 6.61 Å². The van der Waals surface area contributed by atoms with Crippen molar-refractivity contribution in [3.8, 4) is 11.3 Å². The smallest absolute Gasteiger partial charge is 0.154 e. The average Bonchev–Trinajstić information content (AvgIpc) is 2.52. The maximum Gasteiger partial charge on any atom is 0.154 e. The number of aromatic nitrogens is 2. The van der Waals surface area contributed by atoms with E-state index in [0.717, 1.165) is 35.7 Å². The number of rotatable bonds is 7. The van der Waals surface area contributed by atoms with Crippen LogP contribution < -0.4 is 10.2 Å². The molecule has 5 heteroatoms. The van der Waals surface area contributed by atoms with Gasteiger partial charge in [-0.15, -0.1) is 10.2 Å². The van der Waals surface area contributed by atoms with Crippen molar-refractivity contribution < 1.29 is 5.11 Å². The zero-order valence-electron chi connectivity index (χ0n) is 12.6. The molecule has 2 aromatic rings. The third kappa shape index (κ3) is 4.24. The normalized spacial score (nSPS) is 10.6. The highest BCUT2D eigenvalue weighted by Crippen LogP contribution is 2.21. The topological polar surface area (TPSA) is 61.3 Å². The molecule has 5 nitrogen and oxygen atoms in total. The summed E-state index contributed by atoms with van der Waals surface area (Å²) >= 11 is 0. The van der Waals surface area contributed by atoms with Gasteiger partial charge >= 0.3 is 0 Å². The SMILES string of the molecule is Cc1cc(-c2ccccc2)nnc1N(C)CCNCCO. The first-order valence-corrected chi connectivity index (χ1v) is 7.15. The van der Waals surface area contributed by atoms with E-state index in [0.29, 0.717) is 6.54 Å². The number of aliphatic hydroxyl groups excluding tert-OH is 1. The van der Waals surface area contributed by atoms with Crippen LogP contribution in [0, 0.1) is 6.92 Å². The Hall–Kier alpha value is -1.98. The lowest BCUT2D eigenvalue weighted by Gasteiger charge is -2.20. The summed E-state index contributed by atoms with van der Waals surface area (Å²) in [5.41, 5.74) is 3.07. The minimum atomic E-state index is 0.161. The van der Waals surface area contributed by atoms with Gasteiger partial charge in [0.05, 0.1) is 12.3 Å². The number of nitrogens with zero attached hydrogens (tertiary/aromatic N) is 3. The predicted octanol–water partition coefficient (Wildman–Crippen LogP) is 1.47.